The van der Waals surface area contributed by atoms with E-state index in [1.807, 2.05) is 0 Å². The van der Waals surface area contributed by atoms with Crippen LogP contribution in [0.25, 0.3) is 0 Å². The van der Waals surface area contributed by atoms with Gasteiger partial charge in [-0.3, -0.25) is 0 Å². The van der Waals surface area contributed by atoms with Crippen molar-refractivity contribution in [3.05, 3.63) is 23.8 Å². The number of hydrogen-bond acceptors (Lipinski definition) is 5. The lowest BCUT2D eigenvalue weighted by Crippen LogP contribution is -2.15. The minimum absolute atomic E-state index is 0.0878. The fraction of sp³-hybridized carbons (Fsp3) is 0.300. The van der Waals surface area contributed by atoms with E-state index >= 15 is 0 Å². The molecule has 0 spiro atoms. The summed E-state index contributed by atoms with van der Waals surface area (Å²) in [5.74, 6) is 0.200. The van der Waals surface area contributed by atoms with Gasteiger partial charge < -0.3 is 20.1 Å². The first kappa shape index (κ1) is 11.3. The highest BCUT2D eigenvalue weighted by Crippen LogP contribution is 2.29. The SMILES string of the molecule is COc1ccc(C(O)C(O)C#N)c(O)c1. The van der Waals surface area contributed by atoms with Crippen molar-refractivity contribution in [1.82, 2.24) is 0 Å². The van der Waals surface area contributed by atoms with Crippen LogP contribution in [0.4, 0.5) is 0 Å². The second kappa shape index (κ2) is 4.64. The smallest absolute Gasteiger partial charge is 0.170 e. The van der Waals surface area contributed by atoms with Crippen LogP contribution in [0.5, 0.6) is 11.5 Å². The summed E-state index contributed by atoms with van der Waals surface area (Å²) in [6, 6.07) is 5.68. The third-order valence-corrected chi connectivity index (χ3v) is 1.99. The lowest BCUT2D eigenvalue weighted by molar-refractivity contribution is 0.0511. The number of ether oxygens (including phenoxy) is 1. The Balaban J connectivity index is 3.01. The fourth-order valence-corrected chi connectivity index (χ4v) is 1.14. The maximum atomic E-state index is 9.48. The third kappa shape index (κ3) is 2.37. The average molecular weight is 209 g/mol. The molecule has 5 nitrogen and oxygen atoms in total. The summed E-state index contributed by atoms with van der Waals surface area (Å²) in [6.45, 7) is 0. The zero-order chi connectivity index (χ0) is 11.4. The van der Waals surface area contributed by atoms with Gasteiger partial charge in [0.25, 0.3) is 0 Å². The van der Waals surface area contributed by atoms with Crippen LogP contribution in [0.3, 0.4) is 0 Å². The largest absolute Gasteiger partial charge is 0.507 e. The normalized spacial score (nSPS) is 14.0. The van der Waals surface area contributed by atoms with Gasteiger partial charge in [0.05, 0.1) is 13.2 Å². The zero-order valence-electron chi connectivity index (χ0n) is 8.08. The fourth-order valence-electron chi connectivity index (χ4n) is 1.14. The number of phenolic OH excluding ortho intramolecular Hbond substituents is 1. The molecule has 0 radical (unpaired) electrons. The molecule has 0 aliphatic carbocycles. The zero-order valence-corrected chi connectivity index (χ0v) is 8.08. The molecule has 0 fully saturated rings. The number of phenols is 1. The van der Waals surface area contributed by atoms with E-state index in [2.05, 4.69) is 0 Å². The van der Waals surface area contributed by atoms with Crippen LogP contribution in [0.1, 0.15) is 11.7 Å². The molecule has 0 heterocycles. The molecule has 5 heteroatoms. The van der Waals surface area contributed by atoms with Crippen LogP contribution in [-0.2, 0) is 0 Å². The maximum Gasteiger partial charge on any atom is 0.170 e. The van der Waals surface area contributed by atoms with E-state index in [-0.39, 0.29) is 11.3 Å². The second-order valence-corrected chi connectivity index (χ2v) is 2.94. The summed E-state index contributed by atoms with van der Waals surface area (Å²) in [6.07, 6.45) is -3.00. The van der Waals surface area contributed by atoms with Crippen molar-refractivity contribution in [2.24, 2.45) is 0 Å². The van der Waals surface area contributed by atoms with Crippen LogP contribution in [0.2, 0.25) is 0 Å². The summed E-state index contributed by atoms with van der Waals surface area (Å²) in [5.41, 5.74) is 0.0878. The summed E-state index contributed by atoms with van der Waals surface area (Å²) in [4.78, 5) is 0. The average Bonchev–Trinajstić information content (AvgIpc) is 2.26. The summed E-state index contributed by atoms with van der Waals surface area (Å²) < 4.78 is 4.85. The van der Waals surface area contributed by atoms with Crippen LogP contribution < -0.4 is 4.74 Å². The number of nitriles is 1. The van der Waals surface area contributed by atoms with Crippen molar-refractivity contribution in [3.8, 4) is 17.6 Å². The Morgan fingerprint density at radius 2 is 2.07 bits per heavy atom. The highest BCUT2D eigenvalue weighted by Gasteiger charge is 2.20. The molecule has 0 amide bonds. The number of hydrogen-bond donors (Lipinski definition) is 3. The quantitative estimate of drug-likeness (QED) is 0.623. The first-order valence-electron chi connectivity index (χ1n) is 4.22. The second-order valence-electron chi connectivity index (χ2n) is 2.94. The van der Waals surface area contributed by atoms with Gasteiger partial charge in [-0.25, -0.2) is 0 Å². The lowest BCUT2D eigenvalue weighted by atomic mass is 10.0. The number of aliphatic hydroxyl groups excluding tert-OH is 2. The van der Waals surface area contributed by atoms with E-state index in [9.17, 15) is 10.2 Å². The number of aliphatic hydroxyl groups is 2. The van der Waals surface area contributed by atoms with Crippen molar-refractivity contribution in [3.63, 3.8) is 0 Å². The van der Waals surface area contributed by atoms with Crippen molar-refractivity contribution >= 4 is 0 Å². The van der Waals surface area contributed by atoms with Crippen LogP contribution in [0.15, 0.2) is 18.2 Å². The van der Waals surface area contributed by atoms with Gasteiger partial charge >= 0.3 is 0 Å². The van der Waals surface area contributed by atoms with Crippen molar-refractivity contribution in [2.75, 3.05) is 7.11 Å². The van der Waals surface area contributed by atoms with Gasteiger partial charge in [0.2, 0.25) is 0 Å². The minimum Gasteiger partial charge on any atom is -0.507 e. The number of benzene rings is 1. The van der Waals surface area contributed by atoms with Gasteiger partial charge in [-0.15, -0.1) is 0 Å². The summed E-state index contributed by atoms with van der Waals surface area (Å²) in [5, 5.41) is 36.4. The molecule has 1 aromatic carbocycles. The molecule has 80 valence electrons. The summed E-state index contributed by atoms with van der Waals surface area (Å²) >= 11 is 0. The summed E-state index contributed by atoms with van der Waals surface area (Å²) in [7, 11) is 1.44. The van der Waals surface area contributed by atoms with E-state index in [0.29, 0.717) is 5.75 Å². The molecule has 1 rings (SSSR count). The molecule has 0 aliphatic heterocycles. The Morgan fingerprint density at radius 3 is 2.53 bits per heavy atom. The van der Waals surface area contributed by atoms with E-state index in [1.54, 1.807) is 0 Å². The lowest BCUT2D eigenvalue weighted by Gasteiger charge is -2.14. The number of aromatic hydroxyl groups is 1. The molecule has 0 saturated carbocycles. The highest BCUT2D eigenvalue weighted by atomic mass is 16.5. The van der Waals surface area contributed by atoms with Gasteiger partial charge in [0, 0.05) is 11.6 Å². The maximum absolute atomic E-state index is 9.48. The molecule has 2 atom stereocenters. The number of rotatable bonds is 3. The van der Waals surface area contributed by atoms with Gasteiger partial charge in [0.15, 0.2) is 6.10 Å². The molecule has 0 bridgehead atoms. The van der Waals surface area contributed by atoms with E-state index in [4.69, 9.17) is 15.1 Å². The van der Waals surface area contributed by atoms with Gasteiger partial charge in [-0.1, -0.05) is 0 Å². The topological polar surface area (TPSA) is 93.7 Å². The molecule has 15 heavy (non-hydrogen) atoms. The van der Waals surface area contributed by atoms with E-state index in [1.165, 1.54) is 31.4 Å². The van der Waals surface area contributed by atoms with Crippen LogP contribution >= 0.6 is 0 Å². The Bertz CT molecular complexity index is 385. The Hall–Kier alpha value is -1.77. The molecular formula is C10H11NO4. The van der Waals surface area contributed by atoms with E-state index in [0.717, 1.165) is 0 Å². The van der Waals surface area contributed by atoms with E-state index < -0.39 is 12.2 Å². The van der Waals surface area contributed by atoms with Crippen LogP contribution in [-0.4, -0.2) is 28.5 Å². The number of nitrogens with zero attached hydrogens (tertiary/aromatic N) is 1. The van der Waals surface area contributed by atoms with Gasteiger partial charge in [-0.2, -0.15) is 5.26 Å². The molecule has 0 aromatic heterocycles. The van der Waals surface area contributed by atoms with Gasteiger partial charge in [0.1, 0.15) is 17.6 Å². The number of methoxy groups -OCH3 is 1. The Kier molecular flexibility index (Phi) is 3.50. The molecule has 0 aliphatic rings. The predicted molar refractivity (Wildman–Crippen MR) is 51.2 cm³/mol. The molecular weight excluding hydrogens is 198 g/mol. The minimum atomic E-state index is -1.57. The molecule has 3 N–H and O–H groups in total. The first-order chi connectivity index (χ1) is 7.10. The van der Waals surface area contributed by atoms with Gasteiger partial charge in [-0.05, 0) is 12.1 Å². The third-order valence-electron chi connectivity index (χ3n) is 1.99. The van der Waals surface area contributed by atoms with Crippen LogP contribution in [0, 0.1) is 11.3 Å². The highest BCUT2D eigenvalue weighted by molar-refractivity contribution is 5.41. The van der Waals surface area contributed by atoms with Crippen molar-refractivity contribution in [2.45, 2.75) is 12.2 Å². The molecule has 0 saturated heterocycles. The standard InChI is InChI=1S/C10H11NO4/c1-15-6-2-3-7(8(12)4-6)10(14)9(13)5-11/h2-4,9-10,12-14H,1H3. The Labute approximate surface area is 86.8 Å². The molecule has 1 aromatic rings. The van der Waals surface area contributed by atoms with Crippen molar-refractivity contribution < 1.29 is 20.1 Å². The van der Waals surface area contributed by atoms with Crippen molar-refractivity contribution in [1.29, 1.82) is 5.26 Å². The predicted octanol–water partition coefficient (Wildman–Crippen LogP) is 0.319. The molecule has 2 unspecified atom stereocenters. The monoisotopic (exact) mass is 209 g/mol. The Morgan fingerprint density at radius 1 is 1.40 bits per heavy atom. The first-order valence-corrected chi connectivity index (χ1v) is 4.22.